The van der Waals surface area contributed by atoms with Crippen LogP contribution in [0.25, 0.3) is 0 Å². The first-order chi connectivity index (χ1) is 7.40. The van der Waals surface area contributed by atoms with Crippen molar-refractivity contribution < 1.29 is 9.15 Å². The van der Waals surface area contributed by atoms with Gasteiger partial charge in [0, 0.05) is 6.61 Å². The van der Waals surface area contributed by atoms with Crippen molar-refractivity contribution in [2.45, 2.75) is 32.2 Å². The topological polar surface area (TPSA) is 60.2 Å². The van der Waals surface area contributed by atoms with Crippen LogP contribution >= 0.6 is 0 Å². The lowest BCUT2D eigenvalue weighted by molar-refractivity contribution is 0.190. The van der Waals surface area contributed by atoms with Crippen LogP contribution in [0, 0.1) is 0 Å². The summed E-state index contributed by atoms with van der Waals surface area (Å²) in [5.74, 6) is 1.70. The molecule has 0 amide bonds. The maximum atomic E-state index is 5.55. The lowest BCUT2D eigenvalue weighted by Crippen LogP contribution is -2.13. The molecule has 1 fully saturated rings. The Morgan fingerprint density at radius 3 is 3.13 bits per heavy atom. The molecular formula is C10H17N3O2. The van der Waals surface area contributed by atoms with Crippen LogP contribution in [-0.4, -0.2) is 30.0 Å². The highest BCUT2D eigenvalue weighted by Crippen LogP contribution is 2.23. The van der Waals surface area contributed by atoms with Gasteiger partial charge in [0.15, 0.2) is 0 Å². The molecule has 0 saturated carbocycles. The van der Waals surface area contributed by atoms with Gasteiger partial charge in [0.25, 0.3) is 0 Å². The molecule has 1 aromatic heterocycles. The van der Waals surface area contributed by atoms with E-state index in [1.54, 1.807) is 0 Å². The second-order valence-electron chi connectivity index (χ2n) is 3.77. The molecule has 1 saturated heterocycles. The van der Waals surface area contributed by atoms with Crippen molar-refractivity contribution in [2.24, 2.45) is 0 Å². The van der Waals surface area contributed by atoms with Gasteiger partial charge in [0.05, 0.1) is 19.1 Å². The summed E-state index contributed by atoms with van der Waals surface area (Å²) >= 11 is 0. The van der Waals surface area contributed by atoms with E-state index in [4.69, 9.17) is 9.15 Å². The third-order valence-electron chi connectivity index (χ3n) is 2.46. The maximum Gasteiger partial charge on any atom is 0.230 e. The van der Waals surface area contributed by atoms with Crippen molar-refractivity contribution in [3.05, 3.63) is 11.8 Å². The quantitative estimate of drug-likeness (QED) is 0.738. The molecule has 84 valence electrons. The highest BCUT2D eigenvalue weighted by molar-refractivity contribution is 4.93. The first-order valence-electron chi connectivity index (χ1n) is 5.51. The van der Waals surface area contributed by atoms with E-state index in [-0.39, 0.29) is 0 Å². The molecule has 5 heteroatoms. The van der Waals surface area contributed by atoms with Crippen molar-refractivity contribution in [1.82, 2.24) is 15.5 Å². The van der Waals surface area contributed by atoms with Gasteiger partial charge in [-0.1, -0.05) is 6.92 Å². The van der Waals surface area contributed by atoms with Crippen LogP contribution in [0.3, 0.4) is 0 Å². The number of nitrogens with zero attached hydrogens (tertiary/aromatic N) is 2. The van der Waals surface area contributed by atoms with Gasteiger partial charge in [-0.25, -0.2) is 0 Å². The Labute approximate surface area is 89.2 Å². The third-order valence-corrected chi connectivity index (χ3v) is 2.46. The summed E-state index contributed by atoms with van der Waals surface area (Å²) in [6.07, 6.45) is 2.10. The molecular weight excluding hydrogens is 194 g/mol. The fraction of sp³-hybridized carbons (Fsp3) is 0.800. The van der Waals surface area contributed by atoms with Crippen LogP contribution < -0.4 is 5.32 Å². The number of rotatable bonds is 5. The molecule has 1 N–H and O–H groups in total. The van der Waals surface area contributed by atoms with Crippen LogP contribution in [0.4, 0.5) is 0 Å². The van der Waals surface area contributed by atoms with E-state index in [1.807, 2.05) is 0 Å². The summed E-state index contributed by atoms with van der Waals surface area (Å²) in [7, 11) is 0. The van der Waals surface area contributed by atoms with E-state index in [0.29, 0.717) is 25.0 Å². The highest BCUT2D eigenvalue weighted by atomic mass is 16.5. The second kappa shape index (κ2) is 5.23. The molecule has 1 aromatic rings. The van der Waals surface area contributed by atoms with Crippen LogP contribution in [0.15, 0.2) is 4.42 Å². The molecule has 0 aromatic carbocycles. The highest BCUT2D eigenvalue weighted by Gasteiger charge is 2.23. The molecule has 0 aliphatic carbocycles. The Morgan fingerprint density at radius 2 is 2.40 bits per heavy atom. The van der Waals surface area contributed by atoms with Gasteiger partial charge in [-0.15, -0.1) is 10.2 Å². The lowest BCUT2D eigenvalue weighted by atomic mass is 10.1. The molecule has 0 bridgehead atoms. The van der Waals surface area contributed by atoms with E-state index < -0.39 is 0 Å². The normalized spacial score (nSPS) is 21.0. The van der Waals surface area contributed by atoms with Gasteiger partial charge in [-0.05, 0) is 19.4 Å². The second-order valence-corrected chi connectivity index (χ2v) is 3.77. The number of hydrogen-bond acceptors (Lipinski definition) is 5. The molecule has 1 aliphatic heterocycles. The number of aromatic nitrogens is 2. The van der Waals surface area contributed by atoms with Gasteiger partial charge >= 0.3 is 0 Å². The molecule has 1 aliphatic rings. The maximum absolute atomic E-state index is 5.55. The number of ether oxygens (including phenoxy) is 1. The molecule has 5 nitrogen and oxygen atoms in total. The Hall–Kier alpha value is -0.940. The summed E-state index contributed by atoms with van der Waals surface area (Å²) in [6.45, 7) is 5.28. The van der Waals surface area contributed by atoms with Crippen LogP contribution in [0.1, 0.15) is 37.5 Å². The molecule has 2 rings (SSSR count). The first kappa shape index (κ1) is 10.6. The summed E-state index contributed by atoms with van der Waals surface area (Å²) in [5, 5.41) is 11.3. The van der Waals surface area contributed by atoms with Gasteiger partial charge < -0.3 is 14.5 Å². The smallest absolute Gasteiger partial charge is 0.230 e. The zero-order valence-electron chi connectivity index (χ0n) is 9.03. The van der Waals surface area contributed by atoms with E-state index >= 15 is 0 Å². The lowest BCUT2D eigenvalue weighted by Gasteiger charge is -1.99. The molecule has 0 spiro atoms. The SMILES string of the molecule is CCCNCc1nnc(C2CCOC2)o1. The van der Waals surface area contributed by atoms with Crippen molar-refractivity contribution in [2.75, 3.05) is 19.8 Å². The molecule has 2 heterocycles. The minimum Gasteiger partial charge on any atom is -0.423 e. The van der Waals surface area contributed by atoms with Gasteiger partial charge in [-0.3, -0.25) is 0 Å². The molecule has 1 unspecified atom stereocenters. The van der Waals surface area contributed by atoms with Crippen molar-refractivity contribution in [1.29, 1.82) is 0 Å². The Kier molecular flexibility index (Phi) is 3.69. The Bertz CT molecular complexity index is 295. The van der Waals surface area contributed by atoms with E-state index in [0.717, 1.165) is 31.9 Å². The van der Waals surface area contributed by atoms with E-state index in [1.165, 1.54) is 0 Å². The third kappa shape index (κ3) is 2.76. The molecule has 0 radical (unpaired) electrons. The fourth-order valence-corrected chi connectivity index (χ4v) is 1.60. The predicted molar refractivity (Wildman–Crippen MR) is 54.5 cm³/mol. The van der Waals surface area contributed by atoms with Crippen molar-refractivity contribution in [3.63, 3.8) is 0 Å². The average molecular weight is 211 g/mol. The minimum atomic E-state index is 0.303. The monoisotopic (exact) mass is 211 g/mol. The molecule has 15 heavy (non-hydrogen) atoms. The van der Waals surface area contributed by atoms with Crippen molar-refractivity contribution >= 4 is 0 Å². The summed E-state index contributed by atoms with van der Waals surface area (Å²) in [4.78, 5) is 0. The largest absolute Gasteiger partial charge is 0.423 e. The van der Waals surface area contributed by atoms with Crippen LogP contribution in [-0.2, 0) is 11.3 Å². The number of nitrogens with one attached hydrogen (secondary N) is 1. The summed E-state index contributed by atoms with van der Waals surface area (Å²) < 4.78 is 10.8. The van der Waals surface area contributed by atoms with E-state index in [2.05, 4.69) is 22.4 Å². The zero-order valence-corrected chi connectivity index (χ0v) is 9.03. The fourth-order valence-electron chi connectivity index (χ4n) is 1.60. The Balaban J connectivity index is 1.86. The van der Waals surface area contributed by atoms with Crippen LogP contribution in [0.2, 0.25) is 0 Å². The minimum absolute atomic E-state index is 0.303. The standard InChI is InChI=1S/C10H17N3O2/c1-2-4-11-6-9-12-13-10(15-9)8-3-5-14-7-8/h8,11H,2-7H2,1H3. The predicted octanol–water partition coefficient (Wildman–Crippen LogP) is 1.07. The van der Waals surface area contributed by atoms with Gasteiger partial charge in [0.1, 0.15) is 0 Å². The van der Waals surface area contributed by atoms with Crippen molar-refractivity contribution in [3.8, 4) is 0 Å². The summed E-state index contributed by atoms with van der Waals surface area (Å²) in [5.41, 5.74) is 0. The van der Waals surface area contributed by atoms with Gasteiger partial charge in [-0.2, -0.15) is 0 Å². The first-order valence-corrected chi connectivity index (χ1v) is 5.51. The Morgan fingerprint density at radius 1 is 1.47 bits per heavy atom. The number of hydrogen-bond donors (Lipinski definition) is 1. The zero-order chi connectivity index (χ0) is 10.5. The van der Waals surface area contributed by atoms with Crippen LogP contribution in [0.5, 0.6) is 0 Å². The summed E-state index contributed by atoms with van der Waals surface area (Å²) in [6, 6.07) is 0. The molecule has 1 atom stereocenters. The average Bonchev–Trinajstić information content (AvgIpc) is 2.87. The van der Waals surface area contributed by atoms with Gasteiger partial charge in [0.2, 0.25) is 11.8 Å². The van der Waals surface area contributed by atoms with E-state index in [9.17, 15) is 0 Å².